The molecular weight excluding hydrogens is 307 g/mol. The van der Waals surface area contributed by atoms with Crippen molar-refractivity contribution in [2.75, 3.05) is 26.2 Å². The van der Waals surface area contributed by atoms with Crippen molar-refractivity contribution in [1.29, 1.82) is 0 Å². The van der Waals surface area contributed by atoms with E-state index in [1.165, 1.54) is 12.1 Å². The highest BCUT2D eigenvalue weighted by molar-refractivity contribution is 6.30. The van der Waals surface area contributed by atoms with Crippen LogP contribution in [0.1, 0.15) is 25.3 Å². The van der Waals surface area contributed by atoms with Crippen molar-refractivity contribution in [1.82, 2.24) is 9.80 Å². The zero-order valence-corrected chi connectivity index (χ0v) is 13.5. The molecule has 2 rings (SSSR count). The van der Waals surface area contributed by atoms with Gasteiger partial charge in [-0.2, -0.15) is 0 Å². The van der Waals surface area contributed by atoms with Crippen LogP contribution >= 0.6 is 11.6 Å². The van der Waals surface area contributed by atoms with Crippen LogP contribution in [-0.2, 0) is 11.3 Å². The number of hydrogen-bond donors (Lipinski definition) is 1. The summed E-state index contributed by atoms with van der Waals surface area (Å²) in [7, 11) is 0. The summed E-state index contributed by atoms with van der Waals surface area (Å²) >= 11 is 5.88. The molecule has 1 saturated heterocycles. The van der Waals surface area contributed by atoms with E-state index in [0.717, 1.165) is 38.0 Å². The molecule has 1 N–H and O–H groups in total. The number of halogens is 2. The van der Waals surface area contributed by atoms with Gasteiger partial charge in [-0.15, -0.1) is 0 Å². The number of likely N-dealkylation sites (N-methyl/N-ethyl adjacent to an activating group) is 1. The van der Waals surface area contributed by atoms with Crippen LogP contribution in [0.3, 0.4) is 0 Å². The minimum Gasteiger partial charge on any atom is -0.480 e. The summed E-state index contributed by atoms with van der Waals surface area (Å²) < 4.78 is 13.4. The molecule has 122 valence electrons. The lowest BCUT2D eigenvalue weighted by atomic mass is 10.0. The van der Waals surface area contributed by atoms with Gasteiger partial charge < -0.3 is 5.11 Å². The molecule has 0 saturated carbocycles. The summed E-state index contributed by atoms with van der Waals surface area (Å²) in [5, 5.41) is 9.36. The Labute approximate surface area is 135 Å². The first kappa shape index (κ1) is 17.2. The van der Waals surface area contributed by atoms with Gasteiger partial charge in [0.2, 0.25) is 0 Å². The van der Waals surface area contributed by atoms with Crippen LogP contribution in [0.25, 0.3) is 0 Å². The third-order valence-corrected chi connectivity index (χ3v) is 4.36. The van der Waals surface area contributed by atoms with Gasteiger partial charge in [0, 0.05) is 17.6 Å². The van der Waals surface area contributed by atoms with E-state index in [9.17, 15) is 9.18 Å². The van der Waals surface area contributed by atoms with Gasteiger partial charge in [0.05, 0.1) is 6.54 Å². The summed E-state index contributed by atoms with van der Waals surface area (Å²) in [6, 6.07) is 4.93. The number of benzene rings is 1. The Kier molecular flexibility index (Phi) is 6.17. The molecule has 6 heteroatoms. The molecular formula is C16H22ClFN2O2. The van der Waals surface area contributed by atoms with Crippen LogP contribution in [0.2, 0.25) is 5.02 Å². The number of aliphatic carboxylic acids is 1. The Bertz CT molecular complexity index is 499. The van der Waals surface area contributed by atoms with E-state index in [1.807, 2.05) is 11.8 Å². The minimum atomic E-state index is -0.779. The van der Waals surface area contributed by atoms with Gasteiger partial charge in [0.1, 0.15) is 5.82 Å². The molecule has 0 aliphatic carbocycles. The number of nitrogens with zero attached hydrogens (tertiary/aromatic N) is 2. The zero-order valence-electron chi connectivity index (χ0n) is 12.8. The quantitative estimate of drug-likeness (QED) is 0.872. The second-order valence-electron chi connectivity index (χ2n) is 5.74. The van der Waals surface area contributed by atoms with Crippen molar-refractivity contribution in [3.8, 4) is 0 Å². The summed E-state index contributed by atoms with van der Waals surface area (Å²) in [5.41, 5.74) is 0.876. The number of likely N-dealkylation sites (tertiary alicyclic amines) is 1. The van der Waals surface area contributed by atoms with Gasteiger partial charge in [0.25, 0.3) is 0 Å². The summed E-state index contributed by atoms with van der Waals surface area (Å²) in [6.45, 7) is 5.28. The molecule has 1 aromatic rings. The zero-order chi connectivity index (χ0) is 16.1. The van der Waals surface area contributed by atoms with Crippen LogP contribution < -0.4 is 0 Å². The second-order valence-corrected chi connectivity index (χ2v) is 6.18. The van der Waals surface area contributed by atoms with Crippen LogP contribution in [0.5, 0.6) is 0 Å². The average Bonchev–Trinajstić information content (AvgIpc) is 2.44. The number of piperidine rings is 1. The number of hydrogen-bond acceptors (Lipinski definition) is 3. The van der Waals surface area contributed by atoms with Crippen LogP contribution in [0, 0.1) is 5.82 Å². The Balaban J connectivity index is 1.87. The van der Waals surface area contributed by atoms with E-state index < -0.39 is 5.97 Å². The van der Waals surface area contributed by atoms with Crippen molar-refractivity contribution in [2.24, 2.45) is 0 Å². The molecule has 1 aliphatic heterocycles. The first-order valence-electron chi connectivity index (χ1n) is 7.61. The number of carboxylic acid groups (broad SMARTS) is 1. The lowest BCUT2D eigenvalue weighted by Crippen LogP contribution is -2.46. The van der Waals surface area contributed by atoms with Gasteiger partial charge in [-0.3, -0.25) is 14.6 Å². The molecule has 0 atom stereocenters. The SMILES string of the molecule is CCN(CC(=O)O)C1CCN(Cc2cc(F)cc(Cl)c2)CC1. The monoisotopic (exact) mass is 328 g/mol. The maximum atomic E-state index is 13.4. The number of carboxylic acids is 1. The molecule has 22 heavy (non-hydrogen) atoms. The van der Waals surface area contributed by atoms with Gasteiger partial charge in [-0.1, -0.05) is 18.5 Å². The highest BCUT2D eigenvalue weighted by atomic mass is 35.5. The first-order chi connectivity index (χ1) is 10.5. The topological polar surface area (TPSA) is 43.8 Å². The van der Waals surface area contributed by atoms with Crippen LogP contribution in [-0.4, -0.2) is 53.1 Å². The van der Waals surface area contributed by atoms with E-state index in [2.05, 4.69) is 4.90 Å². The number of rotatable bonds is 6. The predicted octanol–water partition coefficient (Wildman–Crippen LogP) is 2.85. The summed E-state index contributed by atoms with van der Waals surface area (Å²) in [5.74, 6) is -1.09. The Morgan fingerprint density at radius 1 is 1.41 bits per heavy atom. The molecule has 1 aliphatic rings. The van der Waals surface area contributed by atoms with Crippen molar-refractivity contribution in [3.63, 3.8) is 0 Å². The Morgan fingerprint density at radius 3 is 2.64 bits per heavy atom. The van der Waals surface area contributed by atoms with Gasteiger partial charge in [-0.05, 0) is 56.2 Å². The van der Waals surface area contributed by atoms with Crippen LogP contribution in [0.15, 0.2) is 18.2 Å². The maximum absolute atomic E-state index is 13.4. The molecule has 0 amide bonds. The molecule has 0 unspecified atom stereocenters. The number of carbonyl (C=O) groups is 1. The van der Waals surface area contributed by atoms with E-state index in [4.69, 9.17) is 16.7 Å². The summed E-state index contributed by atoms with van der Waals surface area (Å²) in [6.07, 6.45) is 1.87. The van der Waals surface area contributed by atoms with Crippen molar-refractivity contribution < 1.29 is 14.3 Å². The van der Waals surface area contributed by atoms with E-state index in [0.29, 0.717) is 17.6 Å². The molecule has 0 aromatic heterocycles. The smallest absolute Gasteiger partial charge is 0.317 e. The minimum absolute atomic E-state index is 0.0979. The largest absolute Gasteiger partial charge is 0.480 e. The predicted molar refractivity (Wildman–Crippen MR) is 84.6 cm³/mol. The molecule has 1 aromatic carbocycles. The Morgan fingerprint density at radius 2 is 2.09 bits per heavy atom. The van der Waals surface area contributed by atoms with Gasteiger partial charge in [-0.25, -0.2) is 4.39 Å². The fourth-order valence-corrected chi connectivity index (χ4v) is 3.32. The molecule has 0 radical (unpaired) electrons. The van der Waals surface area contributed by atoms with Gasteiger partial charge >= 0.3 is 5.97 Å². The molecule has 4 nitrogen and oxygen atoms in total. The summed E-state index contributed by atoms with van der Waals surface area (Å²) in [4.78, 5) is 15.2. The van der Waals surface area contributed by atoms with E-state index in [1.54, 1.807) is 6.07 Å². The normalized spacial score (nSPS) is 17.1. The lowest BCUT2D eigenvalue weighted by molar-refractivity contribution is -0.139. The molecule has 0 spiro atoms. The fraction of sp³-hybridized carbons (Fsp3) is 0.562. The highest BCUT2D eigenvalue weighted by Gasteiger charge is 2.25. The Hall–Kier alpha value is -1.17. The standard InChI is InChI=1S/C16H22ClFN2O2/c1-2-20(11-16(21)22)15-3-5-19(6-4-15)10-12-7-13(17)9-14(18)8-12/h7-9,15H,2-6,10-11H2,1H3,(H,21,22). The first-order valence-corrected chi connectivity index (χ1v) is 7.99. The molecule has 0 bridgehead atoms. The fourth-order valence-electron chi connectivity index (χ4n) is 3.08. The lowest BCUT2D eigenvalue weighted by Gasteiger charge is -2.37. The maximum Gasteiger partial charge on any atom is 0.317 e. The third kappa shape index (κ3) is 4.93. The highest BCUT2D eigenvalue weighted by Crippen LogP contribution is 2.20. The van der Waals surface area contributed by atoms with Crippen molar-refractivity contribution in [3.05, 3.63) is 34.6 Å². The second kappa shape index (κ2) is 7.90. The van der Waals surface area contributed by atoms with E-state index in [-0.39, 0.29) is 12.4 Å². The van der Waals surface area contributed by atoms with Gasteiger partial charge in [0.15, 0.2) is 0 Å². The van der Waals surface area contributed by atoms with Crippen molar-refractivity contribution in [2.45, 2.75) is 32.4 Å². The van der Waals surface area contributed by atoms with Crippen LogP contribution in [0.4, 0.5) is 4.39 Å². The average molecular weight is 329 g/mol. The molecule has 1 fully saturated rings. The van der Waals surface area contributed by atoms with Crippen molar-refractivity contribution >= 4 is 17.6 Å². The third-order valence-electron chi connectivity index (χ3n) is 4.15. The van der Waals surface area contributed by atoms with E-state index >= 15 is 0 Å². The molecule has 1 heterocycles.